The van der Waals surface area contributed by atoms with Gasteiger partial charge in [0.2, 0.25) is 11.8 Å². The smallest absolute Gasteiger partial charge is 0.352 e. The minimum Gasteiger partial charge on any atom is -0.481 e. The van der Waals surface area contributed by atoms with Gasteiger partial charge in [0.1, 0.15) is 29.6 Å². The third kappa shape index (κ3) is 4.78. The van der Waals surface area contributed by atoms with Crippen LogP contribution in [-0.4, -0.2) is 72.0 Å². The zero-order valence-electron chi connectivity index (χ0n) is 17.4. The van der Waals surface area contributed by atoms with Gasteiger partial charge in [-0.3, -0.25) is 19.3 Å². The Morgan fingerprint density at radius 1 is 1.26 bits per heavy atom. The van der Waals surface area contributed by atoms with Gasteiger partial charge in [0.05, 0.1) is 0 Å². The van der Waals surface area contributed by atoms with Gasteiger partial charge in [-0.1, -0.05) is 42.1 Å². The van der Waals surface area contributed by atoms with Gasteiger partial charge in [-0.15, -0.1) is 22.0 Å². The Bertz CT molecular complexity index is 1170. The molecule has 2 aliphatic heterocycles. The van der Waals surface area contributed by atoms with Gasteiger partial charge in [0.15, 0.2) is 0 Å². The first kappa shape index (κ1) is 23.8. The van der Waals surface area contributed by atoms with Gasteiger partial charge < -0.3 is 25.7 Å². The second-order valence-corrected chi connectivity index (χ2v) is 9.39. The number of rotatable bonds is 9. The Morgan fingerprint density at radius 2 is 2.00 bits per heavy atom. The highest BCUT2D eigenvalue weighted by Gasteiger charge is 2.54. The molecule has 2 aromatic rings. The number of aromatic nitrogens is 2. The number of hydrogen-bond acceptors (Lipinski definition) is 10. The number of benzene rings is 1. The molecule has 0 spiro atoms. The van der Waals surface area contributed by atoms with E-state index in [9.17, 15) is 24.3 Å². The molecule has 0 aliphatic carbocycles. The van der Waals surface area contributed by atoms with E-state index in [0.29, 0.717) is 16.9 Å². The van der Waals surface area contributed by atoms with E-state index >= 15 is 0 Å². The summed E-state index contributed by atoms with van der Waals surface area (Å²) in [6, 6.07) is 6.86. The van der Waals surface area contributed by atoms with Crippen molar-refractivity contribution in [3.05, 3.63) is 53.1 Å². The molecule has 2 amide bonds. The van der Waals surface area contributed by atoms with Crippen LogP contribution in [0.1, 0.15) is 17.5 Å². The lowest BCUT2D eigenvalue weighted by molar-refractivity contribution is -0.150. The molecule has 3 heterocycles. The number of carbonyl (C=O) groups excluding carboxylic acids is 2. The fourth-order valence-corrected chi connectivity index (χ4v) is 5.76. The molecule has 4 rings (SSSR count). The molecule has 1 fully saturated rings. The van der Waals surface area contributed by atoms with Crippen molar-refractivity contribution in [1.29, 1.82) is 0 Å². The highest BCUT2D eigenvalue weighted by molar-refractivity contribution is 8.01. The average Bonchev–Trinajstić information content (AvgIpc) is 3.26. The van der Waals surface area contributed by atoms with Crippen molar-refractivity contribution in [2.45, 2.75) is 29.1 Å². The lowest BCUT2D eigenvalue weighted by Crippen LogP contribution is -2.71. The normalized spacial score (nSPS) is 20.4. The van der Waals surface area contributed by atoms with Crippen molar-refractivity contribution in [3.8, 4) is 0 Å². The minimum atomic E-state index is -1.27. The number of hydrogen-bond donors (Lipinski definition) is 4. The number of amides is 2. The van der Waals surface area contributed by atoms with Crippen LogP contribution >= 0.6 is 23.5 Å². The molecule has 1 aromatic heterocycles. The largest absolute Gasteiger partial charge is 0.481 e. The number of carboxylic acids is 2. The van der Waals surface area contributed by atoms with Crippen LogP contribution in [0.15, 0.2) is 51.2 Å². The predicted octanol–water partition coefficient (Wildman–Crippen LogP) is 0.227. The molecular weight excluding hydrogens is 486 g/mol. The van der Waals surface area contributed by atoms with E-state index in [1.165, 1.54) is 11.8 Å². The third-order valence-corrected chi connectivity index (χ3v) is 7.35. The number of carboxylic acid groups (broad SMARTS) is 2. The van der Waals surface area contributed by atoms with E-state index < -0.39 is 47.6 Å². The number of nitrogens with zero attached hydrogens (tertiary/aromatic N) is 3. The molecule has 0 saturated carbocycles. The Balaban J connectivity index is 1.43. The lowest BCUT2D eigenvalue weighted by atomic mass is 10.0. The molecule has 0 radical (unpaired) electrons. The summed E-state index contributed by atoms with van der Waals surface area (Å²) in [5.41, 5.74) is 6.91. The first-order valence-electron chi connectivity index (χ1n) is 9.94. The van der Waals surface area contributed by atoms with Crippen molar-refractivity contribution in [2.24, 2.45) is 5.73 Å². The second kappa shape index (κ2) is 9.87. The second-order valence-electron chi connectivity index (χ2n) is 7.36. The molecule has 34 heavy (non-hydrogen) atoms. The monoisotopic (exact) mass is 505 g/mol. The van der Waals surface area contributed by atoms with Crippen molar-refractivity contribution in [1.82, 2.24) is 20.4 Å². The Morgan fingerprint density at radius 3 is 2.68 bits per heavy atom. The summed E-state index contributed by atoms with van der Waals surface area (Å²) < 4.78 is 5.23. The third-order valence-electron chi connectivity index (χ3n) is 5.11. The average molecular weight is 506 g/mol. The first-order valence-corrected chi connectivity index (χ1v) is 12.0. The van der Waals surface area contributed by atoms with Gasteiger partial charge in [-0.05, 0) is 11.1 Å². The van der Waals surface area contributed by atoms with Gasteiger partial charge in [0.25, 0.3) is 11.1 Å². The summed E-state index contributed by atoms with van der Waals surface area (Å²) >= 11 is 2.37. The van der Waals surface area contributed by atoms with Crippen LogP contribution in [0.5, 0.6) is 0 Å². The fourth-order valence-electron chi connectivity index (χ4n) is 3.50. The summed E-state index contributed by atoms with van der Waals surface area (Å²) in [6.45, 7) is 0. The van der Waals surface area contributed by atoms with Crippen molar-refractivity contribution < 1.29 is 33.8 Å². The standard InChI is InChI=1S/C20H19N5O7S2/c21-13(9-4-2-1-3-5-9)16(28)22-14-17(29)25-15(19(30)31)10(7-33-18(14)25)8-34-20-24-23-11(32-20)6-12(26)27/h1-5,13-14,18H,6-8,21H2,(H,22,28)(H,26,27)(H,30,31)/t13-,14?,18-/m1/s1. The van der Waals surface area contributed by atoms with Gasteiger partial charge in [-0.25, -0.2) is 4.79 Å². The summed E-state index contributed by atoms with van der Waals surface area (Å²) in [5, 5.41) is 28.1. The van der Waals surface area contributed by atoms with Crippen molar-refractivity contribution in [3.63, 3.8) is 0 Å². The number of carbonyl (C=O) groups is 4. The number of fused-ring (bicyclic) bond motifs is 1. The molecule has 14 heteroatoms. The van der Waals surface area contributed by atoms with E-state index in [1.807, 2.05) is 0 Å². The summed E-state index contributed by atoms with van der Waals surface area (Å²) in [4.78, 5) is 49.2. The maximum absolute atomic E-state index is 12.8. The van der Waals surface area contributed by atoms with Gasteiger partial charge in [-0.2, -0.15) is 0 Å². The molecular formula is C20H19N5O7S2. The van der Waals surface area contributed by atoms with E-state index in [0.717, 1.165) is 16.7 Å². The number of aliphatic carboxylic acids is 2. The summed E-state index contributed by atoms with van der Waals surface area (Å²) in [6.07, 6.45) is -0.419. The van der Waals surface area contributed by atoms with E-state index in [2.05, 4.69) is 15.5 Å². The number of nitrogens with one attached hydrogen (secondary N) is 1. The van der Waals surface area contributed by atoms with Crippen LogP contribution in [0.25, 0.3) is 0 Å². The van der Waals surface area contributed by atoms with Gasteiger partial charge in [0, 0.05) is 11.5 Å². The highest BCUT2D eigenvalue weighted by atomic mass is 32.2. The number of thioether (sulfide) groups is 2. The zero-order chi connectivity index (χ0) is 24.4. The summed E-state index contributed by atoms with van der Waals surface area (Å²) in [7, 11) is 0. The Hall–Kier alpha value is -3.36. The van der Waals surface area contributed by atoms with Crippen LogP contribution in [0.4, 0.5) is 0 Å². The van der Waals surface area contributed by atoms with Crippen molar-refractivity contribution in [2.75, 3.05) is 11.5 Å². The van der Waals surface area contributed by atoms with Crippen LogP contribution in [-0.2, 0) is 25.6 Å². The quantitative estimate of drug-likeness (QED) is 0.268. The molecule has 1 saturated heterocycles. The number of β-lactam (4-membered cyclic amide) rings is 1. The van der Waals surface area contributed by atoms with Crippen LogP contribution in [0, 0.1) is 0 Å². The molecule has 1 unspecified atom stereocenters. The molecule has 0 bridgehead atoms. The molecule has 1 aromatic carbocycles. The van der Waals surface area contributed by atoms with E-state index in [1.54, 1.807) is 30.3 Å². The molecule has 5 N–H and O–H groups in total. The van der Waals surface area contributed by atoms with Crippen LogP contribution < -0.4 is 11.1 Å². The minimum absolute atomic E-state index is 0.0641. The molecule has 12 nitrogen and oxygen atoms in total. The van der Waals surface area contributed by atoms with Crippen LogP contribution in [0.2, 0.25) is 0 Å². The molecule has 2 aliphatic rings. The number of nitrogens with two attached hydrogens (primary N) is 1. The highest BCUT2D eigenvalue weighted by Crippen LogP contribution is 2.41. The van der Waals surface area contributed by atoms with E-state index in [4.69, 9.17) is 15.3 Å². The van der Waals surface area contributed by atoms with Crippen molar-refractivity contribution >= 4 is 47.3 Å². The van der Waals surface area contributed by atoms with Crippen LogP contribution in [0.3, 0.4) is 0 Å². The SMILES string of the molecule is N[C@@H](C(=O)NC1C(=O)N2C(C(=O)O)=C(CSc3nnc(CC(=O)O)o3)CS[C@H]12)c1ccccc1. The summed E-state index contributed by atoms with van der Waals surface area (Å²) in [5.74, 6) is -3.06. The topological polar surface area (TPSA) is 189 Å². The van der Waals surface area contributed by atoms with Gasteiger partial charge >= 0.3 is 11.9 Å². The Labute approximate surface area is 200 Å². The first-order chi connectivity index (χ1) is 16.3. The molecule has 178 valence electrons. The maximum Gasteiger partial charge on any atom is 0.352 e. The predicted molar refractivity (Wildman–Crippen MR) is 119 cm³/mol. The Kier molecular flexibility index (Phi) is 6.90. The zero-order valence-corrected chi connectivity index (χ0v) is 19.0. The molecule has 3 atom stereocenters. The lowest BCUT2D eigenvalue weighted by Gasteiger charge is -2.49. The maximum atomic E-state index is 12.8. The van der Waals surface area contributed by atoms with E-state index in [-0.39, 0.29) is 22.6 Å². The fraction of sp³-hybridized carbons (Fsp3) is 0.300.